The molecule has 2 heterocycles. The smallest absolute Gasteiger partial charge is 0.138 e. The highest BCUT2D eigenvalue weighted by Gasteiger charge is 2.06. The molecule has 0 saturated carbocycles. The number of pyridine rings is 1. The van der Waals surface area contributed by atoms with Crippen LogP contribution < -0.4 is 5.32 Å². The van der Waals surface area contributed by atoms with Crippen molar-refractivity contribution in [3.05, 3.63) is 65.4 Å². The van der Waals surface area contributed by atoms with E-state index in [4.69, 9.17) is 0 Å². The Kier molecular flexibility index (Phi) is 3.96. The molecule has 0 radical (unpaired) electrons. The quantitative estimate of drug-likeness (QED) is 0.786. The summed E-state index contributed by atoms with van der Waals surface area (Å²) < 4.78 is 2.70. The molecule has 1 aromatic carbocycles. The fourth-order valence-corrected chi connectivity index (χ4v) is 2.45. The van der Waals surface area contributed by atoms with Crippen molar-refractivity contribution in [3.63, 3.8) is 0 Å². The van der Waals surface area contributed by atoms with Gasteiger partial charge >= 0.3 is 0 Å². The molecule has 0 aliphatic rings. The van der Waals surface area contributed by atoms with Gasteiger partial charge in [0.2, 0.25) is 0 Å². The van der Waals surface area contributed by atoms with Crippen LogP contribution in [0.5, 0.6) is 0 Å². The molecule has 0 aliphatic heterocycles. The summed E-state index contributed by atoms with van der Waals surface area (Å²) in [5.74, 6) is 0. The Balaban J connectivity index is 1.74. The molecule has 2 aromatic heterocycles. The zero-order chi connectivity index (χ0) is 14.7. The molecular formula is C15H14BrN5. The average Bonchev–Trinajstić information content (AvgIpc) is 3.01. The van der Waals surface area contributed by atoms with Gasteiger partial charge in [-0.3, -0.25) is 4.98 Å². The van der Waals surface area contributed by atoms with Crippen LogP contribution in [0.1, 0.15) is 18.5 Å². The Labute approximate surface area is 131 Å². The summed E-state index contributed by atoms with van der Waals surface area (Å²) >= 11 is 3.42. The van der Waals surface area contributed by atoms with Crippen molar-refractivity contribution in [1.29, 1.82) is 0 Å². The summed E-state index contributed by atoms with van der Waals surface area (Å²) in [6.45, 7) is 2.12. The molecule has 106 valence electrons. The molecule has 6 heteroatoms. The lowest BCUT2D eigenvalue weighted by Crippen LogP contribution is -2.07. The number of halogens is 1. The maximum Gasteiger partial charge on any atom is 0.138 e. The monoisotopic (exact) mass is 343 g/mol. The summed E-state index contributed by atoms with van der Waals surface area (Å²) in [4.78, 5) is 8.10. The lowest BCUT2D eigenvalue weighted by molar-refractivity contribution is 0.862. The first-order valence-corrected chi connectivity index (χ1v) is 7.34. The third-order valence-corrected chi connectivity index (χ3v) is 3.60. The molecule has 1 atom stereocenters. The van der Waals surface area contributed by atoms with Crippen LogP contribution in [0.25, 0.3) is 5.69 Å². The van der Waals surface area contributed by atoms with Crippen molar-refractivity contribution in [2.75, 3.05) is 5.32 Å². The number of nitrogens with zero attached hydrogens (tertiary/aromatic N) is 4. The van der Waals surface area contributed by atoms with Crippen LogP contribution in [0.4, 0.5) is 5.69 Å². The van der Waals surface area contributed by atoms with Crippen LogP contribution in [0.15, 0.2) is 59.9 Å². The van der Waals surface area contributed by atoms with Gasteiger partial charge in [-0.25, -0.2) is 9.67 Å². The van der Waals surface area contributed by atoms with Gasteiger partial charge in [0.15, 0.2) is 0 Å². The zero-order valence-corrected chi connectivity index (χ0v) is 13.0. The number of aromatic nitrogens is 4. The normalized spacial score (nSPS) is 12.1. The number of anilines is 1. The fraction of sp³-hybridized carbons (Fsp3) is 0.133. The third-order valence-electron chi connectivity index (χ3n) is 3.16. The van der Waals surface area contributed by atoms with Crippen LogP contribution >= 0.6 is 15.9 Å². The van der Waals surface area contributed by atoms with Crippen molar-refractivity contribution >= 4 is 21.6 Å². The lowest BCUT2D eigenvalue weighted by Gasteiger charge is -2.16. The standard InChI is InChI=1S/C15H14BrN5/c1-11(20-14-6-13(16)7-17-8-14)12-2-4-15(5-3-12)21-10-18-9-19-21/h2-11,20H,1H3. The summed E-state index contributed by atoms with van der Waals surface area (Å²) in [6.07, 6.45) is 6.79. The number of benzene rings is 1. The Morgan fingerprint density at radius 1 is 1.14 bits per heavy atom. The van der Waals surface area contributed by atoms with Crippen molar-refractivity contribution in [2.24, 2.45) is 0 Å². The van der Waals surface area contributed by atoms with Gasteiger partial charge < -0.3 is 5.32 Å². The van der Waals surface area contributed by atoms with Crippen LogP contribution in [0.3, 0.4) is 0 Å². The van der Waals surface area contributed by atoms with E-state index in [1.807, 2.05) is 24.4 Å². The van der Waals surface area contributed by atoms with Crippen LogP contribution in [-0.2, 0) is 0 Å². The van der Waals surface area contributed by atoms with Crippen molar-refractivity contribution < 1.29 is 0 Å². The number of hydrogen-bond acceptors (Lipinski definition) is 4. The predicted molar refractivity (Wildman–Crippen MR) is 85.3 cm³/mol. The van der Waals surface area contributed by atoms with E-state index in [2.05, 4.69) is 55.4 Å². The SMILES string of the molecule is CC(Nc1cncc(Br)c1)c1ccc(-n2cncn2)cc1. The average molecular weight is 344 g/mol. The molecule has 1 N–H and O–H groups in total. The zero-order valence-electron chi connectivity index (χ0n) is 11.4. The molecule has 0 fully saturated rings. The molecule has 0 aliphatic carbocycles. The molecule has 1 unspecified atom stereocenters. The van der Waals surface area contributed by atoms with Gasteiger partial charge in [0.05, 0.1) is 17.6 Å². The van der Waals surface area contributed by atoms with E-state index in [1.165, 1.54) is 11.9 Å². The maximum absolute atomic E-state index is 4.15. The van der Waals surface area contributed by atoms with Crippen molar-refractivity contribution in [2.45, 2.75) is 13.0 Å². The van der Waals surface area contributed by atoms with E-state index in [9.17, 15) is 0 Å². The first-order valence-electron chi connectivity index (χ1n) is 6.54. The molecule has 0 amide bonds. The molecule has 3 rings (SSSR count). The summed E-state index contributed by atoms with van der Waals surface area (Å²) in [5.41, 5.74) is 3.17. The second kappa shape index (κ2) is 6.05. The van der Waals surface area contributed by atoms with E-state index in [-0.39, 0.29) is 6.04 Å². The van der Waals surface area contributed by atoms with Crippen LogP contribution in [0, 0.1) is 0 Å². The van der Waals surface area contributed by atoms with E-state index >= 15 is 0 Å². The van der Waals surface area contributed by atoms with E-state index < -0.39 is 0 Å². The molecule has 0 bridgehead atoms. The minimum Gasteiger partial charge on any atom is -0.377 e. The topological polar surface area (TPSA) is 55.6 Å². The lowest BCUT2D eigenvalue weighted by atomic mass is 10.1. The van der Waals surface area contributed by atoms with Gasteiger partial charge in [0.25, 0.3) is 0 Å². The minimum atomic E-state index is 0.186. The van der Waals surface area contributed by atoms with E-state index in [0.717, 1.165) is 15.8 Å². The van der Waals surface area contributed by atoms with Crippen LogP contribution in [0.2, 0.25) is 0 Å². The van der Waals surface area contributed by atoms with Gasteiger partial charge in [0, 0.05) is 16.7 Å². The van der Waals surface area contributed by atoms with Gasteiger partial charge in [0.1, 0.15) is 12.7 Å². The second-order valence-electron chi connectivity index (χ2n) is 4.69. The maximum atomic E-state index is 4.15. The van der Waals surface area contributed by atoms with Gasteiger partial charge in [-0.05, 0) is 46.6 Å². The van der Waals surface area contributed by atoms with Crippen molar-refractivity contribution in [3.8, 4) is 5.69 Å². The third kappa shape index (κ3) is 3.28. The van der Waals surface area contributed by atoms with Crippen molar-refractivity contribution in [1.82, 2.24) is 19.7 Å². The molecule has 0 spiro atoms. The molecule has 0 saturated heterocycles. The molecular weight excluding hydrogens is 330 g/mol. The van der Waals surface area contributed by atoms with E-state index in [1.54, 1.807) is 17.2 Å². The van der Waals surface area contributed by atoms with E-state index in [0.29, 0.717) is 0 Å². The Morgan fingerprint density at radius 3 is 2.62 bits per heavy atom. The fourth-order valence-electron chi connectivity index (χ4n) is 2.08. The summed E-state index contributed by atoms with van der Waals surface area (Å²) in [6, 6.07) is 10.4. The highest BCUT2D eigenvalue weighted by atomic mass is 79.9. The largest absolute Gasteiger partial charge is 0.377 e. The van der Waals surface area contributed by atoms with Crippen LogP contribution in [-0.4, -0.2) is 19.7 Å². The summed E-state index contributed by atoms with van der Waals surface area (Å²) in [5, 5.41) is 7.54. The first-order chi connectivity index (χ1) is 10.2. The minimum absolute atomic E-state index is 0.186. The van der Waals surface area contributed by atoms with Gasteiger partial charge in [-0.15, -0.1) is 0 Å². The Hall–Kier alpha value is -2.21. The Bertz CT molecular complexity index is 709. The summed E-state index contributed by atoms with van der Waals surface area (Å²) in [7, 11) is 0. The second-order valence-corrected chi connectivity index (χ2v) is 5.61. The highest BCUT2D eigenvalue weighted by molar-refractivity contribution is 9.10. The van der Waals surface area contributed by atoms with Gasteiger partial charge in [-0.2, -0.15) is 5.10 Å². The number of nitrogens with one attached hydrogen (secondary N) is 1. The molecule has 5 nitrogen and oxygen atoms in total. The number of rotatable bonds is 4. The highest BCUT2D eigenvalue weighted by Crippen LogP contribution is 2.21. The Morgan fingerprint density at radius 2 is 1.95 bits per heavy atom. The van der Waals surface area contributed by atoms with Gasteiger partial charge in [-0.1, -0.05) is 12.1 Å². The first kappa shape index (κ1) is 13.8. The molecule has 21 heavy (non-hydrogen) atoms. The molecule has 3 aromatic rings. The predicted octanol–water partition coefficient (Wildman–Crippen LogP) is 3.60. The number of hydrogen-bond donors (Lipinski definition) is 1.